The molecular formula is C17H26N2O2. The summed E-state index contributed by atoms with van der Waals surface area (Å²) >= 11 is 0. The molecule has 0 aliphatic heterocycles. The van der Waals surface area contributed by atoms with E-state index >= 15 is 0 Å². The lowest BCUT2D eigenvalue weighted by molar-refractivity contribution is -0.124. The quantitative estimate of drug-likeness (QED) is 0.674. The number of aliphatic hydroxyl groups is 1. The number of hydrogen-bond donors (Lipinski definition) is 3. The average Bonchev–Trinajstić information content (AvgIpc) is 3.25. The Morgan fingerprint density at radius 2 is 1.95 bits per heavy atom. The van der Waals surface area contributed by atoms with Crippen LogP contribution in [-0.4, -0.2) is 24.2 Å². The van der Waals surface area contributed by atoms with Gasteiger partial charge in [0.1, 0.15) is 0 Å². The minimum atomic E-state index is -0.346. The minimum Gasteiger partial charge on any atom is -0.399 e. The van der Waals surface area contributed by atoms with Crippen molar-refractivity contribution in [2.75, 3.05) is 18.9 Å². The number of nitrogen functional groups attached to an aromatic ring is 1. The van der Waals surface area contributed by atoms with Crippen molar-refractivity contribution < 1.29 is 9.90 Å². The zero-order chi connectivity index (χ0) is 15.5. The van der Waals surface area contributed by atoms with Crippen LogP contribution in [0, 0.1) is 5.41 Å². The molecule has 1 aliphatic rings. The molecule has 116 valence electrons. The molecule has 1 aromatic carbocycles. The van der Waals surface area contributed by atoms with Gasteiger partial charge >= 0.3 is 0 Å². The first-order valence-corrected chi connectivity index (χ1v) is 7.65. The van der Waals surface area contributed by atoms with Crippen molar-refractivity contribution in [1.82, 2.24) is 5.32 Å². The summed E-state index contributed by atoms with van der Waals surface area (Å²) in [5, 5.41) is 12.0. The standard InChI is InChI=1S/C17H26N2O2/c1-16(2,8-3-11-20)12-19-15(21)17(9-10-17)13-4-6-14(18)7-5-13/h4-7,20H,3,8-12,18H2,1-2H3,(H,19,21). The Balaban J connectivity index is 1.95. The second-order valence-corrected chi connectivity index (χ2v) is 6.88. The van der Waals surface area contributed by atoms with E-state index in [0.29, 0.717) is 6.54 Å². The molecule has 0 aromatic heterocycles. The molecule has 1 amide bonds. The van der Waals surface area contributed by atoms with Gasteiger partial charge in [0.15, 0.2) is 0 Å². The summed E-state index contributed by atoms with van der Waals surface area (Å²) in [6.07, 6.45) is 3.48. The molecule has 1 fully saturated rings. The molecule has 0 bridgehead atoms. The first kappa shape index (κ1) is 15.8. The Labute approximate surface area is 126 Å². The number of amides is 1. The Bertz CT molecular complexity index is 490. The molecule has 2 rings (SSSR count). The molecule has 1 saturated carbocycles. The molecule has 4 heteroatoms. The second kappa shape index (κ2) is 6.06. The summed E-state index contributed by atoms with van der Waals surface area (Å²) in [7, 11) is 0. The van der Waals surface area contributed by atoms with Gasteiger partial charge in [-0.25, -0.2) is 0 Å². The van der Waals surface area contributed by atoms with Crippen LogP contribution in [0.15, 0.2) is 24.3 Å². The van der Waals surface area contributed by atoms with Gasteiger partial charge in [-0.2, -0.15) is 0 Å². The van der Waals surface area contributed by atoms with Crippen LogP contribution in [0.2, 0.25) is 0 Å². The fourth-order valence-corrected chi connectivity index (χ4v) is 2.71. The third-order valence-electron chi connectivity index (χ3n) is 4.39. The van der Waals surface area contributed by atoms with Crippen LogP contribution < -0.4 is 11.1 Å². The lowest BCUT2D eigenvalue weighted by atomic mass is 9.87. The van der Waals surface area contributed by atoms with Crippen LogP contribution in [0.1, 0.15) is 45.1 Å². The Hall–Kier alpha value is -1.55. The van der Waals surface area contributed by atoms with E-state index in [1.807, 2.05) is 24.3 Å². The highest BCUT2D eigenvalue weighted by atomic mass is 16.2. The first-order chi connectivity index (χ1) is 9.89. The topological polar surface area (TPSA) is 75.3 Å². The van der Waals surface area contributed by atoms with Crippen LogP contribution >= 0.6 is 0 Å². The van der Waals surface area contributed by atoms with Gasteiger partial charge in [0.05, 0.1) is 5.41 Å². The van der Waals surface area contributed by atoms with Crippen molar-refractivity contribution in [3.63, 3.8) is 0 Å². The van der Waals surface area contributed by atoms with E-state index in [4.69, 9.17) is 10.8 Å². The third-order valence-corrected chi connectivity index (χ3v) is 4.39. The van der Waals surface area contributed by atoms with Crippen LogP contribution in [0.5, 0.6) is 0 Å². The fourth-order valence-electron chi connectivity index (χ4n) is 2.71. The van der Waals surface area contributed by atoms with Crippen molar-refractivity contribution in [2.24, 2.45) is 5.41 Å². The zero-order valence-electron chi connectivity index (χ0n) is 13.0. The van der Waals surface area contributed by atoms with Gasteiger partial charge in [-0.05, 0) is 48.8 Å². The molecule has 4 nitrogen and oxygen atoms in total. The maximum absolute atomic E-state index is 12.5. The summed E-state index contributed by atoms with van der Waals surface area (Å²) in [4.78, 5) is 12.5. The summed E-state index contributed by atoms with van der Waals surface area (Å²) in [6, 6.07) is 7.62. The van der Waals surface area contributed by atoms with E-state index in [1.165, 1.54) is 0 Å². The maximum Gasteiger partial charge on any atom is 0.230 e. The highest BCUT2D eigenvalue weighted by Gasteiger charge is 2.51. The van der Waals surface area contributed by atoms with Crippen molar-refractivity contribution in [2.45, 2.75) is 44.9 Å². The smallest absolute Gasteiger partial charge is 0.230 e. The third kappa shape index (κ3) is 3.76. The predicted molar refractivity (Wildman–Crippen MR) is 84.9 cm³/mol. The van der Waals surface area contributed by atoms with Crippen molar-refractivity contribution in [3.8, 4) is 0 Å². The first-order valence-electron chi connectivity index (χ1n) is 7.65. The van der Waals surface area contributed by atoms with Gasteiger partial charge in [0.2, 0.25) is 5.91 Å². The second-order valence-electron chi connectivity index (χ2n) is 6.88. The van der Waals surface area contributed by atoms with E-state index in [0.717, 1.165) is 36.9 Å². The van der Waals surface area contributed by atoms with Crippen LogP contribution in [0.25, 0.3) is 0 Å². The van der Waals surface area contributed by atoms with Crippen molar-refractivity contribution in [1.29, 1.82) is 0 Å². The molecule has 0 radical (unpaired) electrons. The van der Waals surface area contributed by atoms with Gasteiger partial charge in [-0.1, -0.05) is 26.0 Å². The van der Waals surface area contributed by atoms with Crippen molar-refractivity contribution in [3.05, 3.63) is 29.8 Å². The maximum atomic E-state index is 12.5. The SMILES string of the molecule is CC(C)(CCCO)CNC(=O)C1(c2ccc(N)cc2)CC1. The van der Waals surface area contributed by atoms with Gasteiger partial charge in [-0.15, -0.1) is 0 Å². The van der Waals surface area contributed by atoms with Gasteiger partial charge in [-0.3, -0.25) is 4.79 Å². The molecule has 21 heavy (non-hydrogen) atoms. The molecule has 1 aromatic rings. The summed E-state index contributed by atoms with van der Waals surface area (Å²) in [6.45, 7) is 5.08. The van der Waals surface area contributed by atoms with Gasteiger partial charge in [0, 0.05) is 18.8 Å². The normalized spacial score (nSPS) is 16.5. The fraction of sp³-hybridized carbons (Fsp3) is 0.588. The number of hydrogen-bond acceptors (Lipinski definition) is 3. The highest BCUT2D eigenvalue weighted by Crippen LogP contribution is 2.48. The summed E-state index contributed by atoms with van der Waals surface area (Å²) < 4.78 is 0. The number of aliphatic hydroxyl groups excluding tert-OH is 1. The molecule has 0 atom stereocenters. The largest absolute Gasteiger partial charge is 0.399 e. The predicted octanol–water partition coefficient (Wildman–Crippen LogP) is 2.22. The summed E-state index contributed by atoms with van der Waals surface area (Å²) in [5.41, 5.74) is 7.15. The Morgan fingerprint density at radius 3 is 2.48 bits per heavy atom. The number of rotatable bonds is 7. The van der Waals surface area contributed by atoms with Crippen LogP contribution in [0.3, 0.4) is 0 Å². The Morgan fingerprint density at radius 1 is 1.33 bits per heavy atom. The monoisotopic (exact) mass is 290 g/mol. The van der Waals surface area contributed by atoms with E-state index < -0.39 is 0 Å². The number of nitrogens with one attached hydrogen (secondary N) is 1. The minimum absolute atomic E-state index is 0.00951. The molecular weight excluding hydrogens is 264 g/mol. The van der Waals surface area contributed by atoms with Gasteiger partial charge in [0.25, 0.3) is 0 Å². The molecule has 0 saturated heterocycles. The number of anilines is 1. The van der Waals surface area contributed by atoms with E-state index in [9.17, 15) is 4.79 Å². The van der Waals surface area contributed by atoms with Gasteiger partial charge < -0.3 is 16.2 Å². The highest BCUT2D eigenvalue weighted by molar-refractivity contribution is 5.91. The van der Waals surface area contributed by atoms with E-state index in [1.54, 1.807) is 0 Å². The molecule has 4 N–H and O–H groups in total. The van der Waals surface area contributed by atoms with Crippen molar-refractivity contribution >= 4 is 11.6 Å². The molecule has 1 aliphatic carbocycles. The molecule has 0 spiro atoms. The number of carbonyl (C=O) groups excluding carboxylic acids is 1. The van der Waals surface area contributed by atoms with E-state index in [-0.39, 0.29) is 23.3 Å². The number of carbonyl (C=O) groups is 1. The number of nitrogens with two attached hydrogens (primary N) is 1. The lowest BCUT2D eigenvalue weighted by Gasteiger charge is -2.26. The summed E-state index contributed by atoms with van der Waals surface area (Å²) in [5.74, 6) is 0.115. The molecule has 0 heterocycles. The van der Waals surface area contributed by atoms with Crippen LogP contribution in [-0.2, 0) is 10.2 Å². The average molecular weight is 290 g/mol. The lowest BCUT2D eigenvalue weighted by Crippen LogP contribution is -2.40. The Kier molecular flexibility index (Phi) is 4.57. The van der Waals surface area contributed by atoms with E-state index in [2.05, 4.69) is 19.2 Å². The van der Waals surface area contributed by atoms with Crippen LogP contribution in [0.4, 0.5) is 5.69 Å². The zero-order valence-corrected chi connectivity index (χ0v) is 13.0. The molecule has 0 unspecified atom stereocenters. The number of benzene rings is 1.